The Bertz CT molecular complexity index is 1260. The summed E-state index contributed by atoms with van der Waals surface area (Å²) in [5.41, 5.74) is 0. The van der Waals surface area contributed by atoms with E-state index < -0.39 is 26.5 Å². The molecule has 0 amide bonds. The molecule has 0 aromatic carbocycles. The zero-order chi connectivity index (χ0) is 48.5. The molecular formula is C56H105NO8P+. The van der Waals surface area contributed by atoms with Crippen LogP contribution in [0.4, 0.5) is 0 Å². The van der Waals surface area contributed by atoms with Gasteiger partial charge in [0.05, 0.1) is 27.7 Å². The van der Waals surface area contributed by atoms with Crippen molar-refractivity contribution in [1.82, 2.24) is 0 Å². The lowest BCUT2D eigenvalue weighted by molar-refractivity contribution is -0.870. The van der Waals surface area contributed by atoms with Crippen LogP contribution in [0.1, 0.15) is 245 Å². The zero-order valence-corrected chi connectivity index (χ0v) is 44.6. The van der Waals surface area contributed by atoms with Crippen LogP contribution in [0.5, 0.6) is 0 Å². The van der Waals surface area contributed by atoms with Crippen molar-refractivity contribution in [2.45, 2.75) is 251 Å². The smallest absolute Gasteiger partial charge is 0.462 e. The molecule has 0 saturated heterocycles. The predicted octanol–water partition coefficient (Wildman–Crippen LogP) is 16.6. The first-order chi connectivity index (χ1) is 32.0. The predicted molar refractivity (Wildman–Crippen MR) is 280 cm³/mol. The Morgan fingerprint density at radius 1 is 0.485 bits per heavy atom. The highest BCUT2D eigenvalue weighted by Gasteiger charge is 2.27. The molecule has 0 spiro atoms. The monoisotopic (exact) mass is 951 g/mol. The normalized spacial score (nSPS) is 13.7. The van der Waals surface area contributed by atoms with E-state index in [4.69, 9.17) is 18.5 Å². The van der Waals surface area contributed by atoms with Gasteiger partial charge in [-0.2, -0.15) is 0 Å². The van der Waals surface area contributed by atoms with Gasteiger partial charge in [0.15, 0.2) is 6.10 Å². The van der Waals surface area contributed by atoms with Crippen LogP contribution in [0, 0.1) is 0 Å². The van der Waals surface area contributed by atoms with E-state index in [1.54, 1.807) is 0 Å². The van der Waals surface area contributed by atoms with Gasteiger partial charge in [-0.25, -0.2) is 4.57 Å². The SMILES string of the molecule is CC/C=C\C/C=C\C/C=C\CCCCCC(=O)OC(COC(=O)CCCCCCCCCCCCCCCCCCC/C=C\CCCCCCCCCC)COP(=O)(O)OCC[N+](C)(C)C. The summed E-state index contributed by atoms with van der Waals surface area (Å²) in [4.78, 5) is 35.5. The molecule has 0 aromatic rings. The highest BCUT2D eigenvalue weighted by atomic mass is 31.2. The molecule has 2 atom stereocenters. The second-order valence-electron chi connectivity index (χ2n) is 19.6. The molecule has 0 aliphatic heterocycles. The molecule has 386 valence electrons. The summed E-state index contributed by atoms with van der Waals surface area (Å²) in [6.07, 6.45) is 59.1. The molecular weight excluding hydrogens is 846 g/mol. The number of phosphoric ester groups is 1. The van der Waals surface area contributed by atoms with Gasteiger partial charge in [-0.1, -0.05) is 210 Å². The average Bonchev–Trinajstić information content (AvgIpc) is 3.27. The van der Waals surface area contributed by atoms with E-state index in [2.05, 4.69) is 62.5 Å². The minimum atomic E-state index is -4.39. The van der Waals surface area contributed by atoms with Crippen molar-refractivity contribution >= 4 is 19.8 Å². The number of quaternary nitrogens is 1. The molecule has 0 heterocycles. The molecule has 0 saturated carbocycles. The van der Waals surface area contributed by atoms with Crippen LogP contribution in [0.3, 0.4) is 0 Å². The number of carbonyl (C=O) groups is 2. The topological polar surface area (TPSA) is 108 Å². The first-order valence-electron chi connectivity index (χ1n) is 27.4. The van der Waals surface area contributed by atoms with Crippen LogP contribution in [0.15, 0.2) is 48.6 Å². The Kier molecular flexibility index (Phi) is 46.5. The van der Waals surface area contributed by atoms with Gasteiger partial charge >= 0.3 is 19.8 Å². The minimum Gasteiger partial charge on any atom is -0.462 e. The molecule has 0 aliphatic carbocycles. The van der Waals surface area contributed by atoms with E-state index in [0.29, 0.717) is 17.4 Å². The number of nitrogens with zero attached hydrogens (tertiary/aromatic N) is 1. The number of hydrogen-bond acceptors (Lipinski definition) is 7. The summed E-state index contributed by atoms with van der Waals surface area (Å²) >= 11 is 0. The molecule has 2 unspecified atom stereocenters. The Hall–Kier alpha value is -2.03. The first-order valence-corrected chi connectivity index (χ1v) is 28.9. The van der Waals surface area contributed by atoms with E-state index in [1.165, 1.54) is 154 Å². The van der Waals surface area contributed by atoms with Gasteiger partial charge in [0.1, 0.15) is 19.8 Å². The highest BCUT2D eigenvalue weighted by Crippen LogP contribution is 2.43. The zero-order valence-electron chi connectivity index (χ0n) is 43.7. The Labute approximate surface area is 407 Å². The largest absolute Gasteiger partial charge is 0.472 e. The fourth-order valence-electron chi connectivity index (χ4n) is 7.61. The maximum absolute atomic E-state index is 12.7. The number of hydrogen-bond donors (Lipinski definition) is 1. The quantitative estimate of drug-likeness (QED) is 0.0211. The molecule has 9 nitrogen and oxygen atoms in total. The fraction of sp³-hybridized carbons (Fsp3) is 0.821. The standard InChI is InChI=1S/C56H104NO8P/c1-6-8-10-12-14-16-18-20-21-22-23-24-25-26-27-28-29-30-31-32-33-34-35-37-38-40-42-44-46-48-55(58)62-52-54(53-64-66(60,61)63-51-50-57(3,4)5)65-56(59)49-47-45-43-41-39-36-19-17-15-13-11-9-7-2/h9,11,15,17,22-23,36,39,54H,6-8,10,12-14,16,18-21,24-35,37-38,40-53H2,1-5H3/p+1/b11-9-,17-15-,23-22-,39-36-. The maximum Gasteiger partial charge on any atom is 0.472 e. The third kappa shape index (κ3) is 51.4. The van der Waals surface area contributed by atoms with Crippen molar-refractivity contribution in [3.8, 4) is 0 Å². The van der Waals surface area contributed by atoms with E-state index >= 15 is 0 Å². The lowest BCUT2D eigenvalue weighted by Crippen LogP contribution is -2.37. The Morgan fingerprint density at radius 3 is 1.32 bits per heavy atom. The van der Waals surface area contributed by atoms with Gasteiger partial charge in [0.25, 0.3) is 0 Å². The van der Waals surface area contributed by atoms with Gasteiger partial charge < -0.3 is 18.9 Å². The highest BCUT2D eigenvalue weighted by molar-refractivity contribution is 7.47. The van der Waals surface area contributed by atoms with Gasteiger partial charge in [-0.05, 0) is 70.6 Å². The van der Waals surface area contributed by atoms with Crippen LogP contribution in [0.25, 0.3) is 0 Å². The van der Waals surface area contributed by atoms with E-state index in [1.807, 2.05) is 21.1 Å². The number of esters is 2. The van der Waals surface area contributed by atoms with Crippen LogP contribution in [-0.4, -0.2) is 74.9 Å². The molecule has 0 aliphatic rings. The van der Waals surface area contributed by atoms with Crippen molar-refractivity contribution in [2.24, 2.45) is 0 Å². The molecule has 0 fully saturated rings. The number of ether oxygens (including phenoxy) is 2. The molecule has 1 N–H and O–H groups in total. The summed E-state index contributed by atoms with van der Waals surface area (Å²) in [7, 11) is 1.46. The number of unbranched alkanes of at least 4 members (excludes halogenated alkanes) is 28. The fourth-order valence-corrected chi connectivity index (χ4v) is 8.36. The van der Waals surface area contributed by atoms with Crippen molar-refractivity contribution in [3.05, 3.63) is 48.6 Å². The van der Waals surface area contributed by atoms with Gasteiger partial charge in [-0.3, -0.25) is 18.6 Å². The number of likely N-dealkylation sites (N-methyl/N-ethyl adjacent to an activating group) is 1. The van der Waals surface area contributed by atoms with Crippen LogP contribution in [-0.2, 0) is 32.7 Å². The third-order valence-electron chi connectivity index (χ3n) is 11.8. The molecule has 0 bridgehead atoms. The lowest BCUT2D eigenvalue weighted by Gasteiger charge is -2.24. The van der Waals surface area contributed by atoms with E-state index in [9.17, 15) is 19.0 Å². The van der Waals surface area contributed by atoms with E-state index in [0.717, 1.165) is 57.8 Å². The number of rotatable bonds is 50. The Balaban J connectivity index is 4.06. The molecule has 0 aromatic heterocycles. The second kappa shape index (κ2) is 48.0. The van der Waals surface area contributed by atoms with Gasteiger partial charge in [0, 0.05) is 12.8 Å². The molecule has 0 radical (unpaired) electrons. The van der Waals surface area contributed by atoms with Crippen molar-refractivity contribution in [3.63, 3.8) is 0 Å². The minimum absolute atomic E-state index is 0.0256. The Morgan fingerprint density at radius 2 is 0.864 bits per heavy atom. The summed E-state index contributed by atoms with van der Waals surface area (Å²) in [6, 6.07) is 0. The van der Waals surface area contributed by atoms with Crippen LogP contribution < -0.4 is 0 Å². The molecule has 66 heavy (non-hydrogen) atoms. The maximum atomic E-state index is 12.7. The molecule has 10 heteroatoms. The average molecular weight is 951 g/mol. The first kappa shape index (κ1) is 64.0. The van der Waals surface area contributed by atoms with Crippen molar-refractivity contribution in [1.29, 1.82) is 0 Å². The van der Waals surface area contributed by atoms with E-state index in [-0.39, 0.29) is 32.0 Å². The number of allylic oxidation sites excluding steroid dienone is 8. The number of phosphoric acid groups is 1. The summed E-state index contributed by atoms with van der Waals surface area (Å²) in [5.74, 6) is -0.826. The summed E-state index contributed by atoms with van der Waals surface area (Å²) in [6.45, 7) is 4.30. The van der Waals surface area contributed by atoms with Crippen LogP contribution >= 0.6 is 7.82 Å². The second-order valence-corrected chi connectivity index (χ2v) is 21.0. The lowest BCUT2D eigenvalue weighted by atomic mass is 10.0. The van der Waals surface area contributed by atoms with Crippen LogP contribution in [0.2, 0.25) is 0 Å². The van der Waals surface area contributed by atoms with Crippen molar-refractivity contribution < 1.29 is 42.1 Å². The summed E-state index contributed by atoms with van der Waals surface area (Å²) in [5, 5.41) is 0. The van der Waals surface area contributed by atoms with Gasteiger partial charge in [0.2, 0.25) is 0 Å². The molecule has 0 rings (SSSR count). The summed E-state index contributed by atoms with van der Waals surface area (Å²) < 4.78 is 34.4. The third-order valence-corrected chi connectivity index (χ3v) is 12.8. The van der Waals surface area contributed by atoms with Crippen molar-refractivity contribution in [2.75, 3.05) is 47.5 Å². The van der Waals surface area contributed by atoms with Gasteiger partial charge in [-0.15, -0.1) is 0 Å². The number of carbonyl (C=O) groups excluding carboxylic acids is 2.